The molecule has 0 unspecified atom stereocenters. The van der Waals surface area contributed by atoms with E-state index in [4.69, 9.17) is 11.6 Å². The van der Waals surface area contributed by atoms with Crippen molar-refractivity contribution in [1.82, 2.24) is 4.31 Å². The maximum absolute atomic E-state index is 13.0. The van der Waals surface area contributed by atoms with Gasteiger partial charge in [-0.3, -0.25) is 0 Å². The highest BCUT2D eigenvalue weighted by molar-refractivity contribution is 7.89. The molecule has 6 heteroatoms. The largest absolute Gasteiger partial charge is 0.369 e. The summed E-state index contributed by atoms with van der Waals surface area (Å²) in [6.45, 7) is 10.6. The van der Waals surface area contributed by atoms with Crippen LogP contribution in [0.25, 0.3) is 0 Å². The summed E-state index contributed by atoms with van der Waals surface area (Å²) in [4.78, 5) is 2.54. The number of piperazine rings is 1. The van der Waals surface area contributed by atoms with Gasteiger partial charge in [0.15, 0.2) is 0 Å². The van der Waals surface area contributed by atoms with Crippen molar-refractivity contribution >= 4 is 27.3 Å². The predicted octanol–water partition coefficient (Wildman–Crippen LogP) is 4.46. The molecule has 1 fully saturated rings. The zero-order valence-corrected chi connectivity index (χ0v) is 17.9. The molecule has 0 spiro atoms. The van der Waals surface area contributed by atoms with Gasteiger partial charge in [0.1, 0.15) is 0 Å². The number of hydrogen-bond acceptors (Lipinski definition) is 3. The summed E-state index contributed by atoms with van der Waals surface area (Å²) in [7, 11) is -3.46. The van der Waals surface area contributed by atoms with E-state index < -0.39 is 10.0 Å². The molecule has 3 rings (SSSR count). The van der Waals surface area contributed by atoms with Crippen molar-refractivity contribution in [3.05, 3.63) is 58.6 Å². The van der Waals surface area contributed by atoms with Crippen molar-refractivity contribution in [2.24, 2.45) is 0 Å². The molecule has 0 amide bonds. The summed E-state index contributed by atoms with van der Waals surface area (Å²) >= 11 is 6.23. The van der Waals surface area contributed by atoms with Gasteiger partial charge in [-0.15, -0.1) is 0 Å². The zero-order valence-electron chi connectivity index (χ0n) is 16.4. The van der Waals surface area contributed by atoms with E-state index in [0.717, 1.165) is 21.8 Å². The molecule has 0 bridgehead atoms. The van der Waals surface area contributed by atoms with Crippen LogP contribution in [-0.4, -0.2) is 38.9 Å². The summed E-state index contributed by atoms with van der Waals surface area (Å²) in [5.74, 6) is 0. The molecule has 4 nitrogen and oxygen atoms in total. The minimum Gasteiger partial charge on any atom is -0.369 e. The number of rotatable bonds is 3. The molecule has 146 valence electrons. The smallest absolute Gasteiger partial charge is 0.243 e. The van der Waals surface area contributed by atoms with Crippen LogP contribution < -0.4 is 4.90 Å². The maximum Gasteiger partial charge on any atom is 0.243 e. The summed E-state index contributed by atoms with van der Waals surface area (Å²) in [6.07, 6.45) is 0. The van der Waals surface area contributed by atoms with Gasteiger partial charge in [0.25, 0.3) is 0 Å². The Morgan fingerprint density at radius 1 is 0.926 bits per heavy atom. The lowest BCUT2D eigenvalue weighted by Gasteiger charge is -2.35. The SMILES string of the molecule is Cc1ccc(N2CCN(S(=O)(=O)c3ccc(C(C)(C)C)cc3)CC2)cc1Cl. The minimum atomic E-state index is -3.46. The molecule has 1 aliphatic heterocycles. The molecule has 0 N–H and O–H groups in total. The number of benzene rings is 2. The molecule has 0 aliphatic carbocycles. The average Bonchev–Trinajstić information content (AvgIpc) is 2.63. The Hall–Kier alpha value is -1.56. The highest BCUT2D eigenvalue weighted by atomic mass is 35.5. The first-order chi connectivity index (χ1) is 12.6. The van der Waals surface area contributed by atoms with E-state index in [1.165, 1.54) is 0 Å². The van der Waals surface area contributed by atoms with Crippen LogP contribution in [-0.2, 0) is 15.4 Å². The lowest BCUT2D eigenvalue weighted by molar-refractivity contribution is 0.385. The Balaban J connectivity index is 1.71. The third-order valence-electron chi connectivity index (χ3n) is 5.12. The number of sulfonamides is 1. The van der Waals surface area contributed by atoms with Crippen molar-refractivity contribution in [1.29, 1.82) is 0 Å². The normalized spacial score (nSPS) is 16.6. The van der Waals surface area contributed by atoms with Gasteiger partial charge in [-0.2, -0.15) is 4.31 Å². The van der Waals surface area contributed by atoms with E-state index in [1.54, 1.807) is 16.4 Å². The van der Waals surface area contributed by atoms with Gasteiger partial charge in [-0.1, -0.05) is 50.6 Å². The maximum atomic E-state index is 13.0. The fourth-order valence-corrected chi connectivity index (χ4v) is 4.84. The van der Waals surface area contributed by atoms with Crippen LogP contribution in [0.2, 0.25) is 5.02 Å². The average molecular weight is 407 g/mol. The Labute approximate surface area is 167 Å². The lowest BCUT2D eigenvalue weighted by atomic mass is 9.87. The zero-order chi connectivity index (χ0) is 19.8. The lowest BCUT2D eigenvalue weighted by Crippen LogP contribution is -2.48. The fraction of sp³-hybridized carbons (Fsp3) is 0.429. The van der Waals surface area contributed by atoms with Crippen LogP contribution in [0.3, 0.4) is 0 Å². The van der Waals surface area contributed by atoms with Crippen molar-refractivity contribution in [2.75, 3.05) is 31.1 Å². The van der Waals surface area contributed by atoms with Crippen LogP contribution in [0.5, 0.6) is 0 Å². The quantitative estimate of drug-likeness (QED) is 0.755. The summed E-state index contributed by atoms with van der Waals surface area (Å²) < 4.78 is 27.5. The second-order valence-corrected chi connectivity index (χ2v) is 10.4. The van der Waals surface area contributed by atoms with Gasteiger partial charge in [0.05, 0.1) is 4.90 Å². The molecule has 0 radical (unpaired) electrons. The van der Waals surface area contributed by atoms with Gasteiger partial charge in [-0.25, -0.2) is 8.42 Å². The number of hydrogen-bond donors (Lipinski definition) is 0. The number of halogens is 1. The van der Waals surface area contributed by atoms with E-state index in [-0.39, 0.29) is 5.41 Å². The molecule has 0 atom stereocenters. The molecular formula is C21H27ClN2O2S. The van der Waals surface area contributed by atoms with Gasteiger partial charge in [0.2, 0.25) is 10.0 Å². The molecular weight excluding hydrogens is 380 g/mol. The molecule has 27 heavy (non-hydrogen) atoms. The minimum absolute atomic E-state index is 0.00320. The Bertz CT molecular complexity index is 910. The van der Waals surface area contributed by atoms with Crippen LogP contribution >= 0.6 is 11.6 Å². The van der Waals surface area contributed by atoms with Gasteiger partial charge < -0.3 is 4.90 Å². The standard InChI is InChI=1S/C21H27ClN2O2S/c1-16-5-8-18(15-20(16)22)23-11-13-24(14-12-23)27(25,26)19-9-6-17(7-10-19)21(2,3)4/h5-10,15H,11-14H2,1-4H3. The summed E-state index contributed by atoms with van der Waals surface area (Å²) in [5.41, 5.74) is 3.21. The van der Waals surface area contributed by atoms with Crippen LogP contribution in [0.4, 0.5) is 5.69 Å². The Morgan fingerprint density at radius 2 is 1.52 bits per heavy atom. The van der Waals surface area contributed by atoms with Crippen LogP contribution in [0.1, 0.15) is 31.9 Å². The summed E-state index contributed by atoms with van der Waals surface area (Å²) in [5, 5.41) is 0.737. The van der Waals surface area contributed by atoms with Gasteiger partial charge >= 0.3 is 0 Å². The molecule has 0 aromatic heterocycles. The van der Waals surface area contributed by atoms with Crippen molar-refractivity contribution in [3.63, 3.8) is 0 Å². The van der Waals surface area contributed by atoms with Crippen LogP contribution in [0, 0.1) is 6.92 Å². The second-order valence-electron chi connectivity index (χ2n) is 8.10. The van der Waals surface area contributed by atoms with Crippen LogP contribution in [0.15, 0.2) is 47.4 Å². The molecule has 2 aromatic carbocycles. The van der Waals surface area contributed by atoms with Gasteiger partial charge in [0, 0.05) is 36.9 Å². The molecule has 1 saturated heterocycles. The van der Waals surface area contributed by atoms with Crippen molar-refractivity contribution < 1.29 is 8.42 Å². The topological polar surface area (TPSA) is 40.6 Å². The molecule has 1 aliphatic rings. The van der Waals surface area contributed by atoms with E-state index in [0.29, 0.717) is 31.1 Å². The van der Waals surface area contributed by atoms with Crippen molar-refractivity contribution in [3.8, 4) is 0 Å². The fourth-order valence-electron chi connectivity index (χ4n) is 3.24. The third-order valence-corrected chi connectivity index (χ3v) is 7.44. The molecule has 2 aromatic rings. The van der Waals surface area contributed by atoms with Gasteiger partial charge in [-0.05, 0) is 47.7 Å². The van der Waals surface area contributed by atoms with E-state index in [9.17, 15) is 8.42 Å². The first kappa shape index (κ1) is 20.2. The number of anilines is 1. The van der Waals surface area contributed by atoms with E-state index in [1.807, 2.05) is 37.3 Å². The van der Waals surface area contributed by atoms with E-state index >= 15 is 0 Å². The first-order valence-electron chi connectivity index (χ1n) is 9.21. The first-order valence-corrected chi connectivity index (χ1v) is 11.0. The Kier molecular flexibility index (Phi) is 5.57. The number of aryl methyl sites for hydroxylation is 1. The highest BCUT2D eigenvalue weighted by Gasteiger charge is 2.29. The Morgan fingerprint density at radius 3 is 2.04 bits per heavy atom. The molecule has 0 saturated carbocycles. The monoisotopic (exact) mass is 406 g/mol. The predicted molar refractivity (Wildman–Crippen MR) is 112 cm³/mol. The number of nitrogens with zero attached hydrogens (tertiary/aromatic N) is 2. The summed E-state index contributed by atoms with van der Waals surface area (Å²) in [6, 6.07) is 13.3. The highest BCUT2D eigenvalue weighted by Crippen LogP contribution is 2.27. The second kappa shape index (κ2) is 7.46. The molecule has 1 heterocycles. The third kappa shape index (κ3) is 4.31. The van der Waals surface area contributed by atoms with E-state index in [2.05, 4.69) is 25.7 Å². The van der Waals surface area contributed by atoms with Crippen molar-refractivity contribution in [2.45, 2.75) is 38.0 Å².